The molecule has 1 radical (unpaired) electrons. The molecule has 59 valence electrons. The summed E-state index contributed by atoms with van der Waals surface area (Å²) in [5, 5.41) is 0. The van der Waals surface area contributed by atoms with Gasteiger partial charge in [0.1, 0.15) is 0 Å². The minimum Gasteiger partial charge on any atom is -0.295 e. The standard InChI is InChI=1S/C9H16O.K/c1-3-4-5-6-7-8-9(2)10;/h7-8H,3-6H2,1-2H3;. The molecule has 0 aromatic heterocycles. The van der Waals surface area contributed by atoms with Crippen LogP contribution < -0.4 is 0 Å². The van der Waals surface area contributed by atoms with Gasteiger partial charge in [0, 0.05) is 51.4 Å². The van der Waals surface area contributed by atoms with Gasteiger partial charge < -0.3 is 0 Å². The Hall–Kier alpha value is 1.05. The zero-order valence-corrected chi connectivity index (χ0v) is 11.0. The fourth-order valence-corrected chi connectivity index (χ4v) is 0.761. The van der Waals surface area contributed by atoms with Crippen molar-refractivity contribution in [3.05, 3.63) is 12.2 Å². The first-order valence-electron chi connectivity index (χ1n) is 3.94. The summed E-state index contributed by atoms with van der Waals surface area (Å²) >= 11 is 0. The number of unbranched alkanes of at least 4 members (excludes halogenated alkanes) is 3. The molecule has 0 aromatic rings. The summed E-state index contributed by atoms with van der Waals surface area (Å²) in [4.78, 5) is 10.4. The zero-order valence-electron chi connectivity index (χ0n) is 7.89. The van der Waals surface area contributed by atoms with E-state index in [-0.39, 0.29) is 57.2 Å². The summed E-state index contributed by atoms with van der Waals surface area (Å²) in [6, 6.07) is 0. The molecule has 0 aliphatic rings. The van der Waals surface area contributed by atoms with E-state index in [4.69, 9.17) is 0 Å². The van der Waals surface area contributed by atoms with Gasteiger partial charge in [-0.3, -0.25) is 4.79 Å². The molecule has 0 N–H and O–H groups in total. The second-order valence-electron chi connectivity index (χ2n) is 2.51. The van der Waals surface area contributed by atoms with Gasteiger partial charge in [-0.1, -0.05) is 25.8 Å². The van der Waals surface area contributed by atoms with E-state index in [1.165, 1.54) is 19.3 Å². The van der Waals surface area contributed by atoms with Crippen molar-refractivity contribution in [1.82, 2.24) is 0 Å². The van der Waals surface area contributed by atoms with E-state index >= 15 is 0 Å². The van der Waals surface area contributed by atoms with Gasteiger partial charge in [0.2, 0.25) is 0 Å². The number of allylic oxidation sites excluding steroid dienone is 2. The van der Waals surface area contributed by atoms with Crippen LogP contribution in [0.15, 0.2) is 12.2 Å². The van der Waals surface area contributed by atoms with Gasteiger partial charge in [-0.15, -0.1) is 0 Å². The van der Waals surface area contributed by atoms with Crippen LogP contribution in [0.3, 0.4) is 0 Å². The van der Waals surface area contributed by atoms with E-state index in [0.29, 0.717) is 0 Å². The van der Waals surface area contributed by atoms with Crippen LogP contribution in [0.4, 0.5) is 0 Å². The third kappa shape index (κ3) is 14.0. The molecular weight excluding hydrogens is 163 g/mol. The molecule has 1 nitrogen and oxygen atoms in total. The molecule has 0 aromatic carbocycles. The van der Waals surface area contributed by atoms with E-state index in [1.807, 2.05) is 6.08 Å². The van der Waals surface area contributed by atoms with Crippen molar-refractivity contribution in [3.8, 4) is 0 Å². The van der Waals surface area contributed by atoms with Gasteiger partial charge in [-0.2, -0.15) is 0 Å². The Morgan fingerprint density at radius 1 is 1.36 bits per heavy atom. The topological polar surface area (TPSA) is 17.1 Å². The fraction of sp³-hybridized carbons (Fsp3) is 0.667. The number of ketones is 1. The number of carbonyl (C=O) groups excluding carboxylic acids is 1. The molecule has 0 heterocycles. The Bertz CT molecular complexity index is 119. The maximum Gasteiger partial charge on any atom is 0.152 e. The van der Waals surface area contributed by atoms with Gasteiger partial charge in [0.15, 0.2) is 5.78 Å². The Balaban J connectivity index is 0. The molecule has 11 heavy (non-hydrogen) atoms. The van der Waals surface area contributed by atoms with E-state index < -0.39 is 0 Å². The smallest absolute Gasteiger partial charge is 0.152 e. The van der Waals surface area contributed by atoms with E-state index in [1.54, 1.807) is 13.0 Å². The quantitative estimate of drug-likeness (QED) is 0.360. The average molecular weight is 179 g/mol. The predicted molar refractivity (Wildman–Crippen MR) is 49.7 cm³/mol. The SMILES string of the molecule is CCCCCC=CC(C)=O.[K]. The molecule has 0 aliphatic heterocycles. The van der Waals surface area contributed by atoms with Crippen LogP contribution in [0, 0.1) is 0 Å². The average Bonchev–Trinajstić information content (AvgIpc) is 1.87. The van der Waals surface area contributed by atoms with Crippen molar-refractivity contribution < 1.29 is 4.79 Å². The molecule has 0 unspecified atom stereocenters. The number of hydrogen-bond acceptors (Lipinski definition) is 1. The third-order valence-corrected chi connectivity index (χ3v) is 1.33. The fourth-order valence-electron chi connectivity index (χ4n) is 0.761. The van der Waals surface area contributed by atoms with E-state index in [0.717, 1.165) is 6.42 Å². The summed E-state index contributed by atoms with van der Waals surface area (Å²) in [6.07, 6.45) is 8.37. The van der Waals surface area contributed by atoms with Gasteiger partial charge in [-0.05, 0) is 25.8 Å². The normalized spacial score (nSPS) is 9.64. The summed E-state index contributed by atoms with van der Waals surface area (Å²) < 4.78 is 0. The summed E-state index contributed by atoms with van der Waals surface area (Å²) in [5.74, 6) is 0.150. The molecule has 0 amide bonds. The monoisotopic (exact) mass is 179 g/mol. The molecule has 0 saturated heterocycles. The molecule has 2 heteroatoms. The number of rotatable bonds is 5. The Morgan fingerprint density at radius 2 is 2.00 bits per heavy atom. The van der Waals surface area contributed by atoms with Crippen LogP contribution in [0.2, 0.25) is 0 Å². The molecular formula is C9H16KO. The van der Waals surface area contributed by atoms with Crippen LogP contribution in [0.1, 0.15) is 39.5 Å². The predicted octanol–water partition coefficient (Wildman–Crippen LogP) is 2.33. The second-order valence-corrected chi connectivity index (χ2v) is 2.51. The Kier molecular flexibility index (Phi) is 14.6. The van der Waals surface area contributed by atoms with Crippen molar-refractivity contribution >= 4 is 57.2 Å². The van der Waals surface area contributed by atoms with Crippen molar-refractivity contribution in [2.24, 2.45) is 0 Å². The minimum atomic E-state index is 0. The van der Waals surface area contributed by atoms with Gasteiger partial charge in [0.25, 0.3) is 0 Å². The second kappa shape index (κ2) is 11.0. The van der Waals surface area contributed by atoms with Crippen LogP contribution >= 0.6 is 0 Å². The van der Waals surface area contributed by atoms with Crippen molar-refractivity contribution in [2.45, 2.75) is 39.5 Å². The molecule has 0 bridgehead atoms. The van der Waals surface area contributed by atoms with Crippen molar-refractivity contribution in [1.29, 1.82) is 0 Å². The molecule has 0 saturated carbocycles. The molecule has 0 rings (SSSR count). The first-order valence-corrected chi connectivity index (χ1v) is 3.94. The summed E-state index contributed by atoms with van der Waals surface area (Å²) in [7, 11) is 0. The maximum absolute atomic E-state index is 10.4. The van der Waals surface area contributed by atoms with Crippen LogP contribution in [0.25, 0.3) is 0 Å². The number of carbonyl (C=O) groups is 1. The van der Waals surface area contributed by atoms with Gasteiger partial charge in [-0.25, -0.2) is 0 Å². The van der Waals surface area contributed by atoms with Crippen molar-refractivity contribution in [2.75, 3.05) is 0 Å². The van der Waals surface area contributed by atoms with Crippen LogP contribution in [-0.2, 0) is 4.79 Å². The minimum absolute atomic E-state index is 0. The number of hydrogen-bond donors (Lipinski definition) is 0. The van der Waals surface area contributed by atoms with E-state index in [9.17, 15) is 4.79 Å². The molecule has 0 atom stereocenters. The van der Waals surface area contributed by atoms with E-state index in [2.05, 4.69) is 6.92 Å². The largest absolute Gasteiger partial charge is 0.295 e. The Labute approximate surface area is 112 Å². The summed E-state index contributed by atoms with van der Waals surface area (Å²) in [6.45, 7) is 3.75. The Morgan fingerprint density at radius 3 is 2.45 bits per heavy atom. The van der Waals surface area contributed by atoms with Gasteiger partial charge >= 0.3 is 0 Å². The molecule has 0 spiro atoms. The molecule has 0 fully saturated rings. The van der Waals surface area contributed by atoms with Crippen LogP contribution in [-0.4, -0.2) is 57.2 Å². The van der Waals surface area contributed by atoms with Gasteiger partial charge in [0.05, 0.1) is 0 Å². The first kappa shape index (κ1) is 14.6. The third-order valence-electron chi connectivity index (χ3n) is 1.33. The van der Waals surface area contributed by atoms with Crippen molar-refractivity contribution in [3.63, 3.8) is 0 Å². The zero-order chi connectivity index (χ0) is 7.82. The summed E-state index contributed by atoms with van der Waals surface area (Å²) in [5.41, 5.74) is 0. The first-order chi connectivity index (χ1) is 4.77. The molecule has 0 aliphatic carbocycles. The van der Waals surface area contributed by atoms with Crippen LogP contribution in [0.5, 0.6) is 0 Å². The maximum atomic E-state index is 10.4.